The molecule has 0 unspecified atom stereocenters. The van der Waals surface area contributed by atoms with Gasteiger partial charge in [-0.3, -0.25) is 0 Å². The molecule has 0 amide bonds. The highest BCUT2D eigenvalue weighted by molar-refractivity contribution is 7.98. The van der Waals surface area contributed by atoms with Crippen molar-refractivity contribution in [2.24, 2.45) is 0 Å². The molecule has 0 saturated heterocycles. The molecule has 0 saturated carbocycles. The van der Waals surface area contributed by atoms with Gasteiger partial charge in [0.2, 0.25) is 0 Å². The molecular formula is C16H16O3S. The highest BCUT2D eigenvalue weighted by Gasteiger charge is 2.05. The van der Waals surface area contributed by atoms with Gasteiger partial charge in [-0.1, -0.05) is 17.9 Å². The topological polar surface area (TPSA) is 42.6 Å². The van der Waals surface area contributed by atoms with Gasteiger partial charge in [-0.15, -0.1) is 11.8 Å². The Balaban J connectivity index is 2.14. The second-order valence-electron chi connectivity index (χ2n) is 4.12. The van der Waals surface area contributed by atoms with Gasteiger partial charge in [0, 0.05) is 10.6 Å². The Morgan fingerprint density at radius 3 is 2.85 bits per heavy atom. The lowest BCUT2D eigenvalue weighted by Gasteiger charge is -2.06. The summed E-state index contributed by atoms with van der Waals surface area (Å²) in [6.07, 6.45) is 1.70. The van der Waals surface area contributed by atoms with Gasteiger partial charge in [-0.05, 0) is 30.7 Å². The minimum Gasteiger partial charge on any atom is -0.495 e. The number of rotatable bonds is 4. The third kappa shape index (κ3) is 3.60. The molecule has 0 bridgehead atoms. The summed E-state index contributed by atoms with van der Waals surface area (Å²) in [7, 11) is 1.61. The van der Waals surface area contributed by atoms with Crippen LogP contribution in [0.15, 0.2) is 39.8 Å². The van der Waals surface area contributed by atoms with Crippen molar-refractivity contribution in [3.8, 4) is 17.6 Å². The third-order valence-electron chi connectivity index (χ3n) is 2.77. The first-order chi connectivity index (χ1) is 9.74. The smallest absolute Gasteiger partial charge is 0.134 e. The van der Waals surface area contributed by atoms with E-state index in [4.69, 9.17) is 14.3 Å². The zero-order valence-electron chi connectivity index (χ0n) is 11.5. The Kier molecular flexibility index (Phi) is 5.16. The average molecular weight is 288 g/mol. The molecule has 20 heavy (non-hydrogen) atoms. The number of hydrogen-bond donors (Lipinski definition) is 1. The molecule has 0 fully saturated rings. The summed E-state index contributed by atoms with van der Waals surface area (Å²) in [5.41, 5.74) is 1.95. The Morgan fingerprint density at radius 1 is 1.35 bits per heavy atom. The van der Waals surface area contributed by atoms with Crippen molar-refractivity contribution in [3.63, 3.8) is 0 Å². The van der Waals surface area contributed by atoms with E-state index in [2.05, 4.69) is 11.8 Å². The van der Waals surface area contributed by atoms with Crippen molar-refractivity contribution in [2.45, 2.75) is 17.6 Å². The summed E-state index contributed by atoms with van der Waals surface area (Å²) in [6, 6.07) is 7.88. The van der Waals surface area contributed by atoms with Gasteiger partial charge >= 0.3 is 0 Å². The normalized spacial score (nSPS) is 9.95. The summed E-state index contributed by atoms with van der Waals surface area (Å²) in [4.78, 5) is 1.14. The molecule has 2 rings (SSSR count). The van der Waals surface area contributed by atoms with Crippen molar-refractivity contribution in [2.75, 3.05) is 13.7 Å². The number of aliphatic hydroxyl groups is 1. The lowest BCUT2D eigenvalue weighted by atomic mass is 10.1. The number of methoxy groups -OCH3 is 1. The highest BCUT2D eigenvalue weighted by Crippen LogP contribution is 2.28. The summed E-state index contributed by atoms with van der Waals surface area (Å²) in [5, 5.41) is 8.79. The molecule has 1 aromatic carbocycles. The predicted octanol–water partition coefficient (Wildman–Crippen LogP) is 3.23. The molecule has 3 nitrogen and oxygen atoms in total. The predicted molar refractivity (Wildman–Crippen MR) is 80.0 cm³/mol. The lowest BCUT2D eigenvalue weighted by molar-refractivity contribution is 0.350. The number of thioether (sulfide) groups is 1. The molecule has 1 N–H and O–H groups in total. The van der Waals surface area contributed by atoms with Gasteiger partial charge in [-0.25, -0.2) is 0 Å². The van der Waals surface area contributed by atoms with Crippen LogP contribution in [-0.4, -0.2) is 18.8 Å². The number of furan rings is 1. The van der Waals surface area contributed by atoms with Crippen LogP contribution in [0, 0.1) is 18.8 Å². The fraction of sp³-hybridized carbons (Fsp3) is 0.250. The molecule has 0 aliphatic carbocycles. The first kappa shape index (κ1) is 14.6. The van der Waals surface area contributed by atoms with Gasteiger partial charge in [0.1, 0.15) is 18.1 Å². The second kappa shape index (κ2) is 7.09. The van der Waals surface area contributed by atoms with Crippen molar-refractivity contribution >= 4 is 11.8 Å². The van der Waals surface area contributed by atoms with Crippen LogP contribution < -0.4 is 4.74 Å². The van der Waals surface area contributed by atoms with E-state index in [0.29, 0.717) is 0 Å². The highest BCUT2D eigenvalue weighted by atomic mass is 32.2. The van der Waals surface area contributed by atoms with E-state index in [-0.39, 0.29) is 6.61 Å². The Labute approximate surface area is 123 Å². The van der Waals surface area contributed by atoms with E-state index in [1.165, 1.54) is 0 Å². The summed E-state index contributed by atoms with van der Waals surface area (Å²) in [6.45, 7) is 1.80. The minimum absolute atomic E-state index is 0.156. The van der Waals surface area contributed by atoms with Crippen LogP contribution in [-0.2, 0) is 5.75 Å². The molecule has 0 aliphatic heterocycles. The van der Waals surface area contributed by atoms with Crippen molar-refractivity contribution in [3.05, 3.63) is 47.4 Å². The molecule has 2 aromatic rings. The molecule has 4 heteroatoms. The molecule has 0 radical (unpaired) electrons. The average Bonchev–Trinajstić information content (AvgIpc) is 2.88. The van der Waals surface area contributed by atoms with Crippen LogP contribution in [0.4, 0.5) is 0 Å². The molecule has 0 aliphatic rings. The van der Waals surface area contributed by atoms with Gasteiger partial charge in [0.05, 0.1) is 18.9 Å². The molecule has 0 atom stereocenters. The summed E-state index contributed by atoms with van der Waals surface area (Å²) < 4.78 is 10.5. The van der Waals surface area contributed by atoms with E-state index >= 15 is 0 Å². The number of aliphatic hydroxyl groups excluding tert-OH is 1. The molecule has 1 heterocycles. The van der Waals surface area contributed by atoms with Gasteiger partial charge in [0.25, 0.3) is 0 Å². The van der Waals surface area contributed by atoms with Crippen molar-refractivity contribution in [1.29, 1.82) is 0 Å². The fourth-order valence-electron chi connectivity index (χ4n) is 1.76. The van der Waals surface area contributed by atoms with Crippen molar-refractivity contribution < 1.29 is 14.3 Å². The Hall–Kier alpha value is -1.83. The van der Waals surface area contributed by atoms with Crippen LogP contribution in [0.1, 0.15) is 16.9 Å². The minimum atomic E-state index is -0.156. The van der Waals surface area contributed by atoms with Crippen LogP contribution in [0.2, 0.25) is 0 Å². The zero-order chi connectivity index (χ0) is 14.4. The van der Waals surface area contributed by atoms with Crippen LogP contribution in [0.5, 0.6) is 5.75 Å². The Morgan fingerprint density at radius 2 is 2.20 bits per heavy atom. The number of aryl methyl sites for hydroxylation is 1. The lowest BCUT2D eigenvalue weighted by Crippen LogP contribution is -1.91. The van der Waals surface area contributed by atoms with Gasteiger partial charge < -0.3 is 14.3 Å². The van der Waals surface area contributed by atoms with Crippen LogP contribution in [0.3, 0.4) is 0 Å². The maximum absolute atomic E-state index is 8.79. The van der Waals surface area contributed by atoms with Gasteiger partial charge in [-0.2, -0.15) is 0 Å². The molecule has 0 spiro atoms. The maximum Gasteiger partial charge on any atom is 0.134 e. The largest absolute Gasteiger partial charge is 0.495 e. The number of benzene rings is 1. The Bertz CT molecular complexity index is 635. The quantitative estimate of drug-likeness (QED) is 0.693. The SMILES string of the molecule is COc1ccc(CSc2ccoc2C)cc1C#CCO. The van der Waals surface area contributed by atoms with E-state index in [9.17, 15) is 0 Å². The molecule has 1 aromatic heterocycles. The van der Waals surface area contributed by atoms with Crippen LogP contribution in [0.25, 0.3) is 0 Å². The van der Waals surface area contributed by atoms with E-state index in [0.717, 1.165) is 33.3 Å². The second-order valence-corrected chi connectivity index (χ2v) is 5.14. The molecule has 104 valence electrons. The first-order valence-corrected chi connectivity index (χ1v) is 7.16. The number of ether oxygens (including phenoxy) is 1. The standard InChI is InChI=1S/C16H16O3S/c1-12-16(7-9-19-12)20-11-13-5-6-15(18-2)14(10-13)4-3-8-17/h5-7,9-10,17H,8,11H2,1-2H3. The number of hydrogen-bond acceptors (Lipinski definition) is 4. The third-order valence-corrected chi connectivity index (χ3v) is 3.98. The summed E-state index contributed by atoms with van der Waals surface area (Å²) in [5.74, 6) is 8.04. The zero-order valence-corrected chi connectivity index (χ0v) is 12.3. The van der Waals surface area contributed by atoms with E-state index in [1.54, 1.807) is 25.1 Å². The van der Waals surface area contributed by atoms with E-state index in [1.807, 2.05) is 31.2 Å². The van der Waals surface area contributed by atoms with Gasteiger partial charge in [0.15, 0.2) is 0 Å². The summed E-state index contributed by atoms with van der Waals surface area (Å²) >= 11 is 1.72. The van der Waals surface area contributed by atoms with Crippen molar-refractivity contribution in [1.82, 2.24) is 0 Å². The monoisotopic (exact) mass is 288 g/mol. The first-order valence-electron chi connectivity index (χ1n) is 6.18. The maximum atomic E-state index is 8.79. The van der Waals surface area contributed by atoms with E-state index < -0.39 is 0 Å². The fourth-order valence-corrected chi connectivity index (χ4v) is 2.67. The molecular weight excluding hydrogens is 272 g/mol. The van der Waals surface area contributed by atoms with Crippen LogP contribution >= 0.6 is 11.8 Å².